The van der Waals surface area contributed by atoms with Crippen LogP contribution in [-0.2, 0) is 12.8 Å². The van der Waals surface area contributed by atoms with E-state index in [-0.39, 0.29) is 5.56 Å². The average molecular weight is 369 g/mol. The zero-order valence-corrected chi connectivity index (χ0v) is 13.1. The molecule has 1 heterocycles. The fourth-order valence-electron chi connectivity index (χ4n) is 1.99. The predicted molar refractivity (Wildman–Crippen MR) is 86.1 cm³/mol. The van der Waals surface area contributed by atoms with Crippen molar-refractivity contribution in [3.8, 4) is 0 Å². The summed E-state index contributed by atoms with van der Waals surface area (Å²) in [6.07, 6.45) is 3.30. The van der Waals surface area contributed by atoms with Crippen molar-refractivity contribution >= 4 is 34.1 Å². The molecule has 0 aliphatic rings. The van der Waals surface area contributed by atoms with Gasteiger partial charge >= 0.3 is 0 Å². The lowest BCUT2D eigenvalue weighted by Crippen LogP contribution is -2.14. The number of benzene rings is 1. The van der Waals surface area contributed by atoms with Crippen LogP contribution in [0.4, 0.5) is 11.5 Å². The Morgan fingerprint density at radius 1 is 1.26 bits per heavy atom. The topological polar surface area (TPSA) is 57.8 Å². The molecule has 100 valence electrons. The monoisotopic (exact) mass is 369 g/mol. The Bertz CT molecular complexity index is 615. The third kappa shape index (κ3) is 2.97. The van der Waals surface area contributed by atoms with E-state index in [0.717, 1.165) is 18.5 Å². The second-order valence-electron chi connectivity index (χ2n) is 4.18. The number of para-hydroxylation sites is 1. The minimum absolute atomic E-state index is 0.120. The molecule has 2 aromatic rings. The van der Waals surface area contributed by atoms with Gasteiger partial charge in [0.25, 0.3) is 5.56 Å². The highest BCUT2D eigenvalue weighted by Crippen LogP contribution is 2.26. The quantitative estimate of drug-likeness (QED) is 0.814. The van der Waals surface area contributed by atoms with Crippen LogP contribution in [0, 0.1) is 3.57 Å². The van der Waals surface area contributed by atoms with E-state index < -0.39 is 0 Å². The first-order valence-electron chi connectivity index (χ1n) is 6.28. The number of hydrogen-bond acceptors (Lipinski definition) is 3. The number of anilines is 2. The molecule has 1 aromatic carbocycles. The molecule has 0 spiro atoms. The molecular formula is C14H16IN3O. The van der Waals surface area contributed by atoms with E-state index in [0.29, 0.717) is 9.39 Å². The van der Waals surface area contributed by atoms with Crippen LogP contribution in [0.3, 0.4) is 0 Å². The third-order valence-corrected chi connectivity index (χ3v) is 4.04. The van der Waals surface area contributed by atoms with Crippen molar-refractivity contribution in [1.82, 2.24) is 9.97 Å². The maximum Gasteiger partial charge on any atom is 0.266 e. The lowest BCUT2D eigenvalue weighted by atomic mass is 10.0. The molecule has 4 nitrogen and oxygen atoms in total. The number of nitrogens with one attached hydrogen (secondary N) is 2. The van der Waals surface area contributed by atoms with E-state index in [1.165, 1.54) is 17.5 Å². The molecule has 0 aliphatic heterocycles. The Hall–Kier alpha value is -1.37. The molecule has 0 atom stereocenters. The zero-order valence-electron chi connectivity index (χ0n) is 11.0. The van der Waals surface area contributed by atoms with Crippen molar-refractivity contribution in [3.05, 3.63) is 49.6 Å². The molecule has 0 saturated carbocycles. The highest BCUT2D eigenvalue weighted by Gasteiger charge is 2.10. The van der Waals surface area contributed by atoms with Crippen molar-refractivity contribution in [1.29, 1.82) is 0 Å². The van der Waals surface area contributed by atoms with Crippen molar-refractivity contribution in [2.24, 2.45) is 0 Å². The number of aromatic nitrogens is 2. The van der Waals surface area contributed by atoms with Gasteiger partial charge in [0.2, 0.25) is 0 Å². The van der Waals surface area contributed by atoms with E-state index in [2.05, 4.69) is 47.3 Å². The van der Waals surface area contributed by atoms with Crippen LogP contribution in [0.5, 0.6) is 0 Å². The summed E-state index contributed by atoms with van der Waals surface area (Å²) in [5.74, 6) is 0.611. The molecule has 0 aliphatic carbocycles. The van der Waals surface area contributed by atoms with Crippen LogP contribution in [-0.4, -0.2) is 9.97 Å². The molecule has 0 unspecified atom stereocenters. The van der Waals surface area contributed by atoms with Gasteiger partial charge in [-0.25, -0.2) is 4.98 Å². The standard InChI is InChI=1S/C14H16IN3O/c1-3-9-6-5-7-10(4-2)12(9)18-13-11(15)14(19)17-8-16-13/h5-8H,3-4H2,1-2H3,(H2,16,17,18,19). The normalized spacial score (nSPS) is 10.5. The first kappa shape index (κ1) is 14.0. The van der Waals surface area contributed by atoms with Crippen molar-refractivity contribution in [3.63, 3.8) is 0 Å². The van der Waals surface area contributed by atoms with Gasteiger partial charge in [-0.05, 0) is 46.6 Å². The summed E-state index contributed by atoms with van der Waals surface area (Å²) < 4.78 is 0.577. The van der Waals surface area contributed by atoms with Crippen molar-refractivity contribution < 1.29 is 0 Å². The molecule has 0 radical (unpaired) electrons. The molecule has 2 rings (SSSR count). The smallest absolute Gasteiger partial charge is 0.266 e. The Kier molecular flexibility index (Phi) is 4.57. The molecular weight excluding hydrogens is 353 g/mol. The summed E-state index contributed by atoms with van der Waals surface area (Å²) in [5, 5.41) is 3.31. The number of nitrogens with zero attached hydrogens (tertiary/aromatic N) is 1. The minimum atomic E-state index is -0.120. The highest BCUT2D eigenvalue weighted by atomic mass is 127. The van der Waals surface area contributed by atoms with Gasteiger partial charge in [0.15, 0.2) is 5.82 Å². The van der Waals surface area contributed by atoms with Gasteiger partial charge in [-0.15, -0.1) is 0 Å². The fraction of sp³-hybridized carbons (Fsp3) is 0.286. The number of H-pyrrole nitrogens is 1. The van der Waals surface area contributed by atoms with Gasteiger partial charge < -0.3 is 10.3 Å². The van der Waals surface area contributed by atoms with E-state index in [4.69, 9.17) is 0 Å². The molecule has 5 heteroatoms. The molecule has 0 bridgehead atoms. The van der Waals surface area contributed by atoms with Gasteiger partial charge in [0, 0.05) is 5.69 Å². The van der Waals surface area contributed by atoms with Crippen LogP contribution in [0.25, 0.3) is 0 Å². The van der Waals surface area contributed by atoms with Crippen LogP contribution in [0.2, 0.25) is 0 Å². The fourth-order valence-corrected chi connectivity index (χ4v) is 2.42. The molecule has 19 heavy (non-hydrogen) atoms. The van der Waals surface area contributed by atoms with Crippen LogP contribution in [0.15, 0.2) is 29.3 Å². The lowest BCUT2D eigenvalue weighted by Gasteiger charge is -2.15. The summed E-state index contributed by atoms with van der Waals surface area (Å²) in [6.45, 7) is 4.24. The maximum atomic E-state index is 11.6. The average Bonchev–Trinajstić information content (AvgIpc) is 2.44. The summed E-state index contributed by atoms with van der Waals surface area (Å²) in [6, 6.07) is 6.27. The third-order valence-electron chi connectivity index (χ3n) is 3.04. The Labute approximate surface area is 125 Å². The number of hydrogen-bond donors (Lipinski definition) is 2. The maximum absolute atomic E-state index is 11.6. The number of halogens is 1. The van der Waals surface area contributed by atoms with Gasteiger partial charge in [-0.1, -0.05) is 32.0 Å². The Morgan fingerprint density at radius 3 is 2.47 bits per heavy atom. The second-order valence-corrected chi connectivity index (χ2v) is 5.26. The van der Waals surface area contributed by atoms with Gasteiger partial charge in [0.1, 0.15) is 3.57 Å². The number of aromatic amines is 1. The van der Waals surface area contributed by atoms with Crippen molar-refractivity contribution in [2.45, 2.75) is 26.7 Å². The number of rotatable bonds is 4. The van der Waals surface area contributed by atoms with Gasteiger partial charge in [0.05, 0.1) is 6.33 Å². The predicted octanol–water partition coefficient (Wildman–Crippen LogP) is 3.24. The SMILES string of the molecule is CCc1cccc(CC)c1Nc1nc[nH]c(=O)c1I. The first-order valence-corrected chi connectivity index (χ1v) is 7.36. The van der Waals surface area contributed by atoms with E-state index >= 15 is 0 Å². The highest BCUT2D eigenvalue weighted by molar-refractivity contribution is 14.1. The lowest BCUT2D eigenvalue weighted by molar-refractivity contribution is 1.07. The van der Waals surface area contributed by atoms with E-state index in [9.17, 15) is 4.79 Å². The largest absolute Gasteiger partial charge is 0.339 e. The second kappa shape index (κ2) is 6.18. The Balaban J connectivity index is 2.48. The summed E-state index contributed by atoms with van der Waals surface area (Å²) in [4.78, 5) is 18.4. The van der Waals surface area contributed by atoms with Crippen LogP contribution in [0.1, 0.15) is 25.0 Å². The zero-order chi connectivity index (χ0) is 13.8. The summed E-state index contributed by atoms with van der Waals surface area (Å²) in [5.41, 5.74) is 3.42. The summed E-state index contributed by atoms with van der Waals surface area (Å²) in [7, 11) is 0. The van der Waals surface area contributed by atoms with Crippen LogP contribution >= 0.6 is 22.6 Å². The van der Waals surface area contributed by atoms with Gasteiger partial charge in [-0.3, -0.25) is 4.79 Å². The van der Waals surface area contributed by atoms with Crippen molar-refractivity contribution in [2.75, 3.05) is 5.32 Å². The van der Waals surface area contributed by atoms with Crippen LogP contribution < -0.4 is 10.9 Å². The molecule has 1 aromatic heterocycles. The van der Waals surface area contributed by atoms with E-state index in [1.54, 1.807) is 0 Å². The molecule has 0 saturated heterocycles. The molecule has 2 N–H and O–H groups in total. The first-order chi connectivity index (χ1) is 9.17. The van der Waals surface area contributed by atoms with Gasteiger partial charge in [-0.2, -0.15) is 0 Å². The van der Waals surface area contributed by atoms with E-state index in [1.807, 2.05) is 22.6 Å². The molecule has 0 fully saturated rings. The summed E-state index contributed by atoms with van der Waals surface area (Å²) >= 11 is 2.01. The number of aryl methyl sites for hydroxylation is 2. The molecule has 0 amide bonds. The Morgan fingerprint density at radius 2 is 1.89 bits per heavy atom. The minimum Gasteiger partial charge on any atom is -0.339 e.